The minimum Gasteiger partial charge on any atom is -0.505 e. The molecule has 1 aromatic heterocycles. The number of amides is 1. The second kappa shape index (κ2) is 5.61. The van der Waals surface area contributed by atoms with E-state index in [4.69, 9.17) is 0 Å². The van der Waals surface area contributed by atoms with Gasteiger partial charge in [-0.25, -0.2) is 0 Å². The second-order valence-corrected chi connectivity index (χ2v) is 4.56. The number of para-hydroxylation sites is 1. The molecular weight excluding hydrogens is 276 g/mol. The number of rotatable bonds is 4. The Bertz CT molecular complexity index is 708. The molecule has 8 nitrogen and oxygen atoms in total. The lowest BCUT2D eigenvalue weighted by molar-refractivity contribution is -0.384. The fourth-order valence-corrected chi connectivity index (χ4v) is 1.96. The van der Waals surface area contributed by atoms with Crippen LogP contribution in [0.2, 0.25) is 0 Å². The number of nitrogens with one attached hydrogen (secondary N) is 1. The van der Waals surface area contributed by atoms with Gasteiger partial charge in [0.2, 0.25) is 5.91 Å². The van der Waals surface area contributed by atoms with Crippen LogP contribution in [0.15, 0.2) is 24.3 Å². The fourth-order valence-electron chi connectivity index (χ4n) is 1.96. The maximum Gasteiger partial charge on any atom is 0.296 e. The Morgan fingerprint density at radius 1 is 1.48 bits per heavy atom. The summed E-state index contributed by atoms with van der Waals surface area (Å²) in [5.41, 5.74) is 0.994. The largest absolute Gasteiger partial charge is 0.505 e. The Balaban J connectivity index is 2.20. The highest BCUT2D eigenvalue weighted by Gasteiger charge is 2.19. The number of nitro benzene ring substituents is 1. The number of aromatic hydroxyl groups is 1. The van der Waals surface area contributed by atoms with Crippen LogP contribution in [-0.2, 0) is 11.3 Å². The summed E-state index contributed by atoms with van der Waals surface area (Å²) in [6.07, 6.45) is 0. The second-order valence-electron chi connectivity index (χ2n) is 4.56. The highest BCUT2D eigenvalue weighted by atomic mass is 16.6. The van der Waals surface area contributed by atoms with E-state index in [9.17, 15) is 20.0 Å². The monoisotopic (exact) mass is 290 g/mol. The average Bonchev–Trinajstić information content (AvgIpc) is 2.70. The maximum atomic E-state index is 12.0. The van der Waals surface area contributed by atoms with Crippen LogP contribution < -0.4 is 5.32 Å². The van der Waals surface area contributed by atoms with Crippen LogP contribution in [-0.4, -0.2) is 25.7 Å². The summed E-state index contributed by atoms with van der Waals surface area (Å²) < 4.78 is 1.48. The zero-order chi connectivity index (χ0) is 15.6. The molecule has 0 atom stereocenters. The van der Waals surface area contributed by atoms with E-state index in [0.717, 1.165) is 11.4 Å². The van der Waals surface area contributed by atoms with Crippen LogP contribution in [0.1, 0.15) is 11.4 Å². The van der Waals surface area contributed by atoms with Crippen LogP contribution in [0.4, 0.5) is 11.4 Å². The minimum atomic E-state index is -0.668. The first-order valence-electron chi connectivity index (χ1n) is 6.15. The molecule has 0 unspecified atom stereocenters. The predicted molar refractivity (Wildman–Crippen MR) is 75.1 cm³/mol. The lowest BCUT2D eigenvalue weighted by atomic mass is 10.2. The summed E-state index contributed by atoms with van der Waals surface area (Å²) in [5.74, 6) is -0.864. The van der Waals surface area contributed by atoms with E-state index < -0.39 is 10.8 Å². The van der Waals surface area contributed by atoms with E-state index in [2.05, 4.69) is 10.4 Å². The number of phenols is 1. The van der Waals surface area contributed by atoms with Crippen LogP contribution in [0.5, 0.6) is 5.75 Å². The number of aromatic nitrogens is 2. The third-order valence-corrected chi connectivity index (χ3v) is 2.88. The molecule has 2 aromatic rings. The van der Waals surface area contributed by atoms with E-state index in [1.807, 2.05) is 6.07 Å². The van der Waals surface area contributed by atoms with Crippen molar-refractivity contribution in [2.24, 2.45) is 0 Å². The number of hydrogen-bond donors (Lipinski definition) is 2. The summed E-state index contributed by atoms with van der Waals surface area (Å²) in [5, 5.41) is 27.1. The first kappa shape index (κ1) is 14.5. The van der Waals surface area contributed by atoms with Gasteiger partial charge in [0, 0.05) is 11.8 Å². The van der Waals surface area contributed by atoms with E-state index in [-0.39, 0.29) is 23.7 Å². The molecule has 110 valence electrons. The third-order valence-electron chi connectivity index (χ3n) is 2.88. The van der Waals surface area contributed by atoms with Crippen LogP contribution in [0.25, 0.3) is 0 Å². The third kappa shape index (κ3) is 3.16. The topological polar surface area (TPSA) is 110 Å². The smallest absolute Gasteiger partial charge is 0.296 e. The predicted octanol–water partition coefficient (Wildman–Crippen LogP) is 1.75. The summed E-state index contributed by atoms with van der Waals surface area (Å²) in [7, 11) is 0. The van der Waals surface area contributed by atoms with Crippen molar-refractivity contribution in [2.45, 2.75) is 20.4 Å². The molecule has 1 amide bonds. The van der Waals surface area contributed by atoms with Gasteiger partial charge in [-0.15, -0.1) is 0 Å². The Morgan fingerprint density at radius 3 is 2.76 bits per heavy atom. The number of benzene rings is 1. The van der Waals surface area contributed by atoms with Gasteiger partial charge in [0.1, 0.15) is 12.3 Å². The van der Waals surface area contributed by atoms with Crippen molar-refractivity contribution in [1.29, 1.82) is 0 Å². The SMILES string of the molecule is Cc1cc(C)n(CC(=O)Nc2c(O)cccc2[N+](=O)[O-])n1. The van der Waals surface area contributed by atoms with Gasteiger partial charge in [-0.05, 0) is 26.0 Å². The number of nitrogens with zero attached hydrogens (tertiary/aromatic N) is 3. The van der Waals surface area contributed by atoms with Crippen LogP contribution in [0, 0.1) is 24.0 Å². The van der Waals surface area contributed by atoms with Gasteiger partial charge in [0.25, 0.3) is 5.69 Å². The summed E-state index contributed by atoms with van der Waals surface area (Å²) in [6.45, 7) is 3.51. The fraction of sp³-hybridized carbons (Fsp3) is 0.231. The van der Waals surface area contributed by atoms with Crippen LogP contribution >= 0.6 is 0 Å². The molecule has 0 aliphatic rings. The highest BCUT2D eigenvalue weighted by Crippen LogP contribution is 2.32. The molecule has 1 aromatic carbocycles. The van der Waals surface area contributed by atoms with E-state index in [1.165, 1.54) is 22.9 Å². The molecular formula is C13H14N4O4. The standard InChI is InChI=1S/C13H14N4O4/c1-8-6-9(2)16(15-8)7-12(19)14-13-10(17(20)21)4-3-5-11(13)18/h3-6,18H,7H2,1-2H3,(H,14,19). The summed E-state index contributed by atoms with van der Waals surface area (Å²) in [4.78, 5) is 22.2. The van der Waals surface area contributed by atoms with Crippen molar-refractivity contribution in [3.8, 4) is 5.75 Å². The Labute approximate surface area is 120 Å². The van der Waals surface area contributed by atoms with Crippen molar-refractivity contribution < 1.29 is 14.8 Å². The Hall–Kier alpha value is -2.90. The van der Waals surface area contributed by atoms with Crippen molar-refractivity contribution in [3.63, 3.8) is 0 Å². The molecule has 0 radical (unpaired) electrons. The van der Waals surface area contributed by atoms with Gasteiger partial charge in [-0.2, -0.15) is 5.10 Å². The van der Waals surface area contributed by atoms with E-state index >= 15 is 0 Å². The molecule has 0 bridgehead atoms. The molecule has 8 heteroatoms. The Morgan fingerprint density at radius 2 is 2.19 bits per heavy atom. The number of aryl methyl sites for hydroxylation is 2. The minimum absolute atomic E-state index is 0.0921. The van der Waals surface area contributed by atoms with Gasteiger partial charge in [-0.1, -0.05) is 6.07 Å². The first-order chi connectivity index (χ1) is 9.88. The number of hydrogen-bond acceptors (Lipinski definition) is 5. The van der Waals surface area contributed by atoms with Gasteiger partial charge in [0.05, 0.1) is 10.6 Å². The van der Waals surface area contributed by atoms with Crippen molar-refractivity contribution >= 4 is 17.3 Å². The normalized spacial score (nSPS) is 10.4. The number of nitro groups is 1. The highest BCUT2D eigenvalue weighted by molar-refractivity contribution is 5.94. The summed E-state index contributed by atoms with van der Waals surface area (Å²) in [6, 6.07) is 5.63. The lowest BCUT2D eigenvalue weighted by Gasteiger charge is -2.08. The summed E-state index contributed by atoms with van der Waals surface area (Å²) >= 11 is 0. The number of carbonyl (C=O) groups excluding carboxylic acids is 1. The molecule has 0 saturated carbocycles. The zero-order valence-corrected chi connectivity index (χ0v) is 11.5. The molecule has 2 N–H and O–H groups in total. The lowest BCUT2D eigenvalue weighted by Crippen LogP contribution is -2.21. The van der Waals surface area contributed by atoms with E-state index in [1.54, 1.807) is 13.8 Å². The molecule has 0 saturated heterocycles. The van der Waals surface area contributed by atoms with Gasteiger partial charge < -0.3 is 10.4 Å². The Kier molecular flexibility index (Phi) is 3.88. The molecule has 0 aliphatic heterocycles. The molecule has 0 fully saturated rings. The molecule has 1 heterocycles. The number of carbonyl (C=O) groups is 1. The van der Waals surface area contributed by atoms with E-state index in [0.29, 0.717) is 0 Å². The first-order valence-corrected chi connectivity index (χ1v) is 6.15. The van der Waals surface area contributed by atoms with Crippen molar-refractivity contribution in [3.05, 3.63) is 45.8 Å². The maximum absolute atomic E-state index is 12.0. The molecule has 21 heavy (non-hydrogen) atoms. The molecule has 0 spiro atoms. The quantitative estimate of drug-likeness (QED) is 0.506. The van der Waals surface area contributed by atoms with Gasteiger partial charge in [0.15, 0.2) is 5.69 Å². The zero-order valence-electron chi connectivity index (χ0n) is 11.5. The molecule has 0 aliphatic carbocycles. The molecule has 2 rings (SSSR count). The van der Waals surface area contributed by atoms with Gasteiger partial charge in [-0.3, -0.25) is 19.6 Å². The van der Waals surface area contributed by atoms with Gasteiger partial charge >= 0.3 is 0 Å². The number of anilines is 1. The number of phenolic OH excluding ortho intramolecular Hbond substituents is 1. The van der Waals surface area contributed by atoms with Crippen LogP contribution in [0.3, 0.4) is 0 Å². The van der Waals surface area contributed by atoms with Crippen molar-refractivity contribution in [2.75, 3.05) is 5.32 Å². The van der Waals surface area contributed by atoms with Crippen molar-refractivity contribution in [1.82, 2.24) is 9.78 Å². The average molecular weight is 290 g/mol.